The van der Waals surface area contributed by atoms with E-state index >= 15 is 0 Å². The predicted octanol–water partition coefficient (Wildman–Crippen LogP) is 5.25. The van der Waals surface area contributed by atoms with E-state index in [0.717, 1.165) is 30.8 Å². The number of amides is 1. The number of benzene rings is 3. The fraction of sp³-hybridized carbons (Fsp3) is 0.382. The molecule has 0 spiro atoms. The van der Waals surface area contributed by atoms with Crippen LogP contribution in [0.3, 0.4) is 0 Å². The van der Waals surface area contributed by atoms with Crippen LogP contribution in [0.25, 0.3) is 10.8 Å². The molecule has 2 aliphatic rings. The standard InChI is InChI=1S/C34H38N6O/c1-27(41)39(25-29-10-7-9-28(21-29)24-37-15-5-2-6-16-37)19-17-38-18-20-40(34(38)32(22-35)23-36)26-31-13-8-12-30-11-3-4-14-33(30)31/h3-4,7-14,21H,2,5-6,15-20,24-26H2,1H3. The minimum absolute atomic E-state index is 0.0181. The van der Waals surface area contributed by atoms with E-state index in [2.05, 4.69) is 81.4 Å². The minimum atomic E-state index is 0.0181. The van der Waals surface area contributed by atoms with Crippen molar-refractivity contribution in [3.8, 4) is 12.1 Å². The second-order valence-electron chi connectivity index (χ2n) is 11.1. The van der Waals surface area contributed by atoms with Crippen molar-refractivity contribution in [1.82, 2.24) is 19.6 Å². The first-order valence-corrected chi connectivity index (χ1v) is 14.6. The molecule has 2 heterocycles. The first-order chi connectivity index (χ1) is 20.1. The zero-order valence-corrected chi connectivity index (χ0v) is 23.9. The Labute approximate surface area is 243 Å². The molecule has 2 aliphatic heterocycles. The summed E-state index contributed by atoms with van der Waals surface area (Å²) in [6.07, 6.45) is 3.86. The van der Waals surface area contributed by atoms with E-state index in [-0.39, 0.29) is 11.5 Å². The quantitative estimate of drug-likeness (QED) is 0.341. The van der Waals surface area contributed by atoms with Gasteiger partial charge in [0.05, 0.1) is 0 Å². The maximum Gasteiger partial charge on any atom is 0.219 e. The maximum atomic E-state index is 12.7. The van der Waals surface area contributed by atoms with Crippen LogP contribution in [-0.2, 0) is 24.4 Å². The molecule has 0 bridgehead atoms. The van der Waals surface area contributed by atoms with Gasteiger partial charge in [-0.25, -0.2) is 0 Å². The number of likely N-dealkylation sites (tertiary alicyclic amines) is 1. The van der Waals surface area contributed by atoms with Crippen molar-refractivity contribution in [2.45, 2.75) is 45.8 Å². The number of allylic oxidation sites excluding steroid dienone is 1. The van der Waals surface area contributed by atoms with Crippen molar-refractivity contribution in [2.75, 3.05) is 39.3 Å². The predicted molar refractivity (Wildman–Crippen MR) is 161 cm³/mol. The van der Waals surface area contributed by atoms with Gasteiger partial charge in [-0.1, -0.05) is 73.2 Å². The van der Waals surface area contributed by atoms with Gasteiger partial charge in [-0.15, -0.1) is 0 Å². The number of rotatable bonds is 9. The summed E-state index contributed by atoms with van der Waals surface area (Å²) < 4.78 is 0. The zero-order valence-electron chi connectivity index (χ0n) is 23.9. The van der Waals surface area contributed by atoms with Crippen LogP contribution in [0.5, 0.6) is 0 Å². The third-order valence-electron chi connectivity index (χ3n) is 8.23. The van der Waals surface area contributed by atoms with Gasteiger partial charge in [0.25, 0.3) is 0 Å². The number of nitriles is 2. The van der Waals surface area contributed by atoms with Gasteiger partial charge in [-0.3, -0.25) is 9.69 Å². The summed E-state index contributed by atoms with van der Waals surface area (Å²) in [5, 5.41) is 22.0. The van der Waals surface area contributed by atoms with Crippen LogP contribution in [0.2, 0.25) is 0 Å². The molecule has 1 amide bonds. The molecular weight excluding hydrogens is 508 g/mol. The molecule has 5 rings (SSSR count). The number of nitrogens with zero attached hydrogens (tertiary/aromatic N) is 6. The Bertz CT molecular complexity index is 1470. The molecule has 3 aromatic carbocycles. The van der Waals surface area contributed by atoms with E-state index in [4.69, 9.17) is 0 Å². The van der Waals surface area contributed by atoms with E-state index in [1.54, 1.807) is 6.92 Å². The molecular formula is C34H38N6O. The molecule has 41 heavy (non-hydrogen) atoms. The smallest absolute Gasteiger partial charge is 0.219 e. The highest BCUT2D eigenvalue weighted by molar-refractivity contribution is 5.85. The van der Waals surface area contributed by atoms with Crippen LogP contribution in [0.15, 0.2) is 78.1 Å². The van der Waals surface area contributed by atoms with Gasteiger partial charge in [0.15, 0.2) is 5.57 Å². The first kappa shape index (κ1) is 28.2. The second kappa shape index (κ2) is 13.4. The van der Waals surface area contributed by atoms with Crippen LogP contribution in [0.4, 0.5) is 0 Å². The molecule has 210 valence electrons. The zero-order chi connectivity index (χ0) is 28.6. The van der Waals surface area contributed by atoms with Gasteiger partial charge >= 0.3 is 0 Å². The second-order valence-corrected chi connectivity index (χ2v) is 11.1. The average Bonchev–Trinajstić information content (AvgIpc) is 3.38. The van der Waals surface area contributed by atoms with E-state index in [1.165, 1.54) is 35.6 Å². The molecule has 0 aliphatic carbocycles. The lowest BCUT2D eigenvalue weighted by Gasteiger charge is -2.29. The monoisotopic (exact) mass is 546 g/mol. The lowest BCUT2D eigenvalue weighted by atomic mass is 10.0. The highest BCUT2D eigenvalue weighted by atomic mass is 16.2. The maximum absolute atomic E-state index is 12.7. The third-order valence-corrected chi connectivity index (χ3v) is 8.23. The number of fused-ring (bicyclic) bond motifs is 1. The Morgan fingerprint density at radius 1 is 0.829 bits per heavy atom. The van der Waals surface area contributed by atoms with Gasteiger partial charge in [0.2, 0.25) is 5.91 Å². The van der Waals surface area contributed by atoms with Gasteiger partial charge in [0, 0.05) is 52.7 Å². The molecule has 2 fully saturated rings. The Hall–Kier alpha value is -4.33. The van der Waals surface area contributed by atoms with E-state index < -0.39 is 0 Å². The number of hydrogen-bond acceptors (Lipinski definition) is 6. The summed E-state index contributed by atoms with van der Waals surface area (Å²) in [7, 11) is 0. The largest absolute Gasteiger partial charge is 0.353 e. The number of hydrogen-bond donors (Lipinski definition) is 0. The van der Waals surface area contributed by atoms with E-state index in [9.17, 15) is 15.3 Å². The number of carbonyl (C=O) groups excluding carboxylic acids is 1. The molecule has 7 heteroatoms. The normalized spacial score (nSPS) is 15.5. The van der Waals surface area contributed by atoms with Crippen molar-refractivity contribution in [2.24, 2.45) is 0 Å². The van der Waals surface area contributed by atoms with Crippen LogP contribution < -0.4 is 0 Å². The van der Waals surface area contributed by atoms with Crippen molar-refractivity contribution in [3.63, 3.8) is 0 Å². The molecule has 0 unspecified atom stereocenters. The summed E-state index contributed by atoms with van der Waals surface area (Å²) >= 11 is 0. The molecule has 3 aromatic rings. The topological polar surface area (TPSA) is 77.6 Å². The Morgan fingerprint density at radius 3 is 2.32 bits per heavy atom. The molecule has 0 radical (unpaired) electrons. The fourth-order valence-corrected chi connectivity index (χ4v) is 6.11. The van der Waals surface area contributed by atoms with Crippen molar-refractivity contribution in [1.29, 1.82) is 10.5 Å². The number of carbonyl (C=O) groups is 1. The van der Waals surface area contributed by atoms with Gasteiger partial charge in [0.1, 0.15) is 18.0 Å². The van der Waals surface area contributed by atoms with E-state index in [1.807, 2.05) is 17.0 Å². The summed E-state index contributed by atoms with van der Waals surface area (Å²) in [6.45, 7) is 8.51. The molecule has 0 atom stereocenters. The minimum Gasteiger partial charge on any atom is -0.353 e. The van der Waals surface area contributed by atoms with Crippen LogP contribution in [0, 0.1) is 22.7 Å². The summed E-state index contributed by atoms with van der Waals surface area (Å²) in [5.41, 5.74) is 3.68. The van der Waals surface area contributed by atoms with Gasteiger partial charge in [-0.05, 0) is 53.4 Å². The summed E-state index contributed by atoms with van der Waals surface area (Å²) in [6, 6.07) is 27.4. The van der Waals surface area contributed by atoms with Crippen LogP contribution in [-0.4, -0.2) is 64.8 Å². The number of piperidine rings is 1. The lowest BCUT2D eigenvalue weighted by molar-refractivity contribution is -0.129. The van der Waals surface area contributed by atoms with Gasteiger partial charge < -0.3 is 14.7 Å². The Balaban J connectivity index is 1.28. The molecule has 7 nitrogen and oxygen atoms in total. The Morgan fingerprint density at radius 2 is 1.54 bits per heavy atom. The molecule has 0 aromatic heterocycles. The molecule has 0 saturated carbocycles. The molecule has 2 saturated heterocycles. The fourth-order valence-electron chi connectivity index (χ4n) is 6.11. The highest BCUT2D eigenvalue weighted by Gasteiger charge is 2.29. The van der Waals surface area contributed by atoms with Crippen LogP contribution >= 0.6 is 0 Å². The van der Waals surface area contributed by atoms with E-state index in [0.29, 0.717) is 45.1 Å². The van der Waals surface area contributed by atoms with Crippen molar-refractivity contribution >= 4 is 16.7 Å². The summed E-state index contributed by atoms with van der Waals surface area (Å²) in [5.74, 6) is 0.680. The van der Waals surface area contributed by atoms with Crippen molar-refractivity contribution in [3.05, 3.63) is 94.8 Å². The Kier molecular flexibility index (Phi) is 9.19. The van der Waals surface area contributed by atoms with Gasteiger partial charge in [-0.2, -0.15) is 10.5 Å². The first-order valence-electron chi connectivity index (χ1n) is 14.6. The lowest BCUT2D eigenvalue weighted by Crippen LogP contribution is -2.37. The van der Waals surface area contributed by atoms with Crippen LogP contribution in [0.1, 0.15) is 42.9 Å². The van der Waals surface area contributed by atoms with Crippen molar-refractivity contribution < 1.29 is 4.79 Å². The third kappa shape index (κ3) is 6.88. The average molecular weight is 547 g/mol. The summed E-state index contributed by atoms with van der Waals surface area (Å²) in [4.78, 5) is 21.3. The highest BCUT2D eigenvalue weighted by Crippen LogP contribution is 2.27. The molecule has 0 N–H and O–H groups in total. The SMILES string of the molecule is CC(=O)N(CCN1CCN(Cc2cccc3ccccc23)C1=C(C#N)C#N)Cc1cccc(CN2CCCCC2)c1.